The summed E-state index contributed by atoms with van der Waals surface area (Å²) in [6, 6.07) is 0. The van der Waals surface area contributed by atoms with Crippen molar-refractivity contribution in [3.63, 3.8) is 0 Å². The lowest BCUT2D eigenvalue weighted by molar-refractivity contribution is -0.201. The summed E-state index contributed by atoms with van der Waals surface area (Å²) < 4.78 is 24.6. The first-order valence-corrected chi connectivity index (χ1v) is 8.12. The minimum absolute atomic E-state index is 0.0230. The molecule has 2 aliphatic heterocycles. The summed E-state index contributed by atoms with van der Waals surface area (Å²) in [6.07, 6.45) is -0.707. The number of anilines is 1. The largest absolute Gasteiger partial charge is 0.463 e. The molecule has 2 aliphatic rings. The van der Waals surface area contributed by atoms with Crippen LogP contribution in [0.1, 0.15) is 27.0 Å². The smallest absolute Gasteiger partial charge is 0.302 e. The fourth-order valence-corrected chi connectivity index (χ4v) is 3.35. The van der Waals surface area contributed by atoms with Gasteiger partial charge in [0, 0.05) is 6.92 Å². The maximum atomic E-state index is 12.0. The van der Waals surface area contributed by atoms with Crippen LogP contribution in [0.5, 0.6) is 0 Å². The van der Waals surface area contributed by atoms with Crippen molar-refractivity contribution < 1.29 is 23.7 Å². The minimum Gasteiger partial charge on any atom is -0.463 e. The zero-order chi connectivity index (χ0) is 18.6. The zero-order valence-corrected chi connectivity index (χ0v) is 14.5. The summed E-state index contributed by atoms with van der Waals surface area (Å²) in [5.41, 5.74) is 5.62. The average Bonchev–Trinajstić information content (AvgIpc) is 3.16. The highest BCUT2D eigenvalue weighted by Gasteiger charge is 2.56. The molecule has 11 heteroatoms. The van der Waals surface area contributed by atoms with E-state index in [1.54, 1.807) is 18.4 Å². The number of aromatic amines is 1. The van der Waals surface area contributed by atoms with Crippen molar-refractivity contribution >= 4 is 23.1 Å². The van der Waals surface area contributed by atoms with E-state index >= 15 is 0 Å². The van der Waals surface area contributed by atoms with Gasteiger partial charge in [-0.2, -0.15) is 4.98 Å². The molecule has 26 heavy (non-hydrogen) atoms. The first-order chi connectivity index (χ1) is 12.2. The first kappa shape index (κ1) is 16.9. The van der Waals surface area contributed by atoms with Crippen molar-refractivity contribution in [3.05, 3.63) is 16.7 Å². The molecule has 2 aromatic rings. The molecular weight excluding hydrogens is 346 g/mol. The maximum Gasteiger partial charge on any atom is 0.302 e. The van der Waals surface area contributed by atoms with E-state index in [-0.39, 0.29) is 23.7 Å². The second kappa shape index (κ2) is 5.76. The van der Waals surface area contributed by atoms with Crippen LogP contribution in [0.3, 0.4) is 0 Å². The highest BCUT2D eigenvalue weighted by Crippen LogP contribution is 2.43. The van der Waals surface area contributed by atoms with Gasteiger partial charge in [-0.1, -0.05) is 0 Å². The number of H-pyrrole nitrogens is 1. The van der Waals surface area contributed by atoms with Crippen LogP contribution in [0.4, 0.5) is 5.95 Å². The molecule has 0 spiro atoms. The van der Waals surface area contributed by atoms with E-state index in [1.807, 2.05) is 0 Å². The van der Waals surface area contributed by atoms with Crippen LogP contribution < -0.4 is 11.3 Å². The lowest BCUT2D eigenvalue weighted by Gasteiger charge is -2.24. The second-order valence-electron chi connectivity index (χ2n) is 6.71. The van der Waals surface area contributed by atoms with Gasteiger partial charge < -0.3 is 24.7 Å². The van der Waals surface area contributed by atoms with Gasteiger partial charge in [0.2, 0.25) is 5.95 Å². The Balaban J connectivity index is 1.72. The van der Waals surface area contributed by atoms with E-state index in [2.05, 4.69) is 15.0 Å². The molecule has 1 unspecified atom stereocenters. The number of nitrogen functional groups attached to an aromatic ring is 1. The Morgan fingerprint density at radius 3 is 2.88 bits per heavy atom. The maximum absolute atomic E-state index is 12.0. The molecule has 0 aromatic carbocycles. The monoisotopic (exact) mass is 365 g/mol. The topological polar surface area (TPSA) is 144 Å². The van der Waals surface area contributed by atoms with Gasteiger partial charge in [0.15, 0.2) is 23.2 Å². The van der Waals surface area contributed by atoms with Crippen molar-refractivity contribution in [2.24, 2.45) is 0 Å². The molecule has 4 atom stereocenters. The molecule has 140 valence electrons. The van der Waals surface area contributed by atoms with Gasteiger partial charge in [-0.3, -0.25) is 19.1 Å². The number of carbonyl (C=O) groups is 1. The number of carbonyl (C=O) groups excluding carboxylic acids is 1. The third-order valence-corrected chi connectivity index (χ3v) is 4.30. The number of rotatable bonds is 3. The van der Waals surface area contributed by atoms with E-state index in [0.717, 1.165) is 0 Å². The van der Waals surface area contributed by atoms with Crippen LogP contribution in [0.25, 0.3) is 11.2 Å². The van der Waals surface area contributed by atoms with Crippen LogP contribution in [0.15, 0.2) is 11.1 Å². The van der Waals surface area contributed by atoms with Crippen molar-refractivity contribution in [2.45, 2.75) is 51.1 Å². The number of aromatic nitrogens is 4. The zero-order valence-electron chi connectivity index (χ0n) is 14.5. The summed E-state index contributed by atoms with van der Waals surface area (Å²) in [4.78, 5) is 33.8. The third kappa shape index (κ3) is 2.73. The van der Waals surface area contributed by atoms with Crippen molar-refractivity contribution in [1.29, 1.82) is 0 Å². The van der Waals surface area contributed by atoms with Crippen molar-refractivity contribution in [3.8, 4) is 0 Å². The third-order valence-electron chi connectivity index (χ3n) is 4.30. The Hall–Kier alpha value is -2.50. The minimum atomic E-state index is -0.827. The highest BCUT2D eigenvalue weighted by molar-refractivity contribution is 5.70. The highest BCUT2D eigenvalue weighted by atomic mass is 16.8. The van der Waals surface area contributed by atoms with Gasteiger partial charge in [0.1, 0.15) is 24.9 Å². The lowest BCUT2D eigenvalue weighted by atomic mass is 10.1. The summed E-state index contributed by atoms with van der Waals surface area (Å²) in [5, 5.41) is 0. The van der Waals surface area contributed by atoms with E-state index in [9.17, 15) is 9.59 Å². The van der Waals surface area contributed by atoms with Gasteiger partial charge >= 0.3 is 5.97 Å². The molecule has 11 nitrogen and oxygen atoms in total. The van der Waals surface area contributed by atoms with E-state index < -0.39 is 41.9 Å². The second-order valence-corrected chi connectivity index (χ2v) is 6.71. The van der Waals surface area contributed by atoms with Gasteiger partial charge in [-0.15, -0.1) is 0 Å². The summed E-state index contributed by atoms with van der Waals surface area (Å²) >= 11 is 0. The predicted octanol–water partition coefficient (Wildman–Crippen LogP) is -0.318. The predicted molar refractivity (Wildman–Crippen MR) is 86.9 cm³/mol. The van der Waals surface area contributed by atoms with E-state index in [4.69, 9.17) is 24.7 Å². The Morgan fingerprint density at radius 1 is 1.42 bits per heavy atom. The summed E-state index contributed by atoms with van der Waals surface area (Å²) in [6.45, 7) is 4.92. The van der Waals surface area contributed by atoms with Crippen LogP contribution in [0.2, 0.25) is 0 Å². The van der Waals surface area contributed by atoms with Gasteiger partial charge in [0.25, 0.3) is 5.56 Å². The SMILES string of the molecule is CC(=O)OC[C@H]1O[C@@H](n2cnc3c(=O)[nH]c(N)nc32)C2OC(C)(C)O[C@@H]21. The molecule has 4 heterocycles. The summed E-state index contributed by atoms with van der Waals surface area (Å²) in [5.74, 6) is -1.27. The number of imidazole rings is 1. The molecule has 0 bridgehead atoms. The van der Waals surface area contributed by atoms with Crippen LogP contribution >= 0.6 is 0 Å². The average molecular weight is 365 g/mol. The normalized spacial score (nSPS) is 29.8. The number of hydrogen-bond acceptors (Lipinski definition) is 9. The molecule has 3 N–H and O–H groups in total. The Morgan fingerprint density at radius 2 is 2.15 bits per heavy atom. The number of fused-ring (bicyclic) bond motifs is 2. The van der Waals surface area contributed by atoms with Gasteiger partial charge in [-0.25, -0.2) is 4.98 Å². The Bertz CT molecular complexity index is 921. The van der Waals surface area contributed by atoms with Crippen molar-refractivity contribution in [1.82, 2.24) is 19.5 Å². The molecule has 2 aromatic heterocycles. The van der Waals surface area contributed by atoms with Crippen LogP contribution in [-0.2, 0) is 23.7 Å². The standard InChI is InChI=1S/C15H19N5O6/c1-6(21)23-4-7-9-10(26-15(2,3)25-9)13(24-7)20-5-17-8-11(20)18-14(16)19-12(8)22/h5,7,9-10,13H,4H2,1-3H3,(H3,16,18,19,22)/t7-,9-,10?,13-/m1/s1. The fourth-order valence-electron chi connectivity index (χ4n) is 3.35. The fraction of sp³-hybridized carbons (Fsp3) is 0.600. The van der Waals surface area contributed by atoms with E-state index in [0.29, 0.717) is 0 Å². The Labute approximate surface area is 147 Å². The number of nitrogens with one attached hydrogen (secondary N) is 1. The molecule has 0 saturated carbocycles. The number of nitrogens with zero attached hydrogens (tertiary/aromatic N) is 3. The first-order valence-electron chi connectivity index (χ1n) is 8.12. The molecule has 0 amide bonds. The van der Waals surface area contributed by atoms with Gasteiger partial charge in [-0.05, 0) is 13.8 Å². The summed E-state index contributed by atoms with van der Waals surface area (Å²) in [7, 11) is 0. The molecule has 2 saturated heterocycles. The molecule has 2 fully saturated rings. The molecule has 0 radical (unpaired) electrons. The number of esters is 1. The van der Waals surface area contributed by atoms with Crippen molar-refractivity contribution in [2.75, 3.05) is 12.3 Å². The van der Waals surface area contributed by atoms with Crippen LogP contribution in [-0.4, -0.2) is 56.2 Å². The van der Waals surface area contributed by atoms with E-state index in [1.165, 1.54) is 13.3 Å². The molecule has 4 rings (SSSR count). The number of hydrogen-bond donors (Lipinski definition) is 2. The number of nitrogens with two attached hydrogens (primary N) is 1. The Kier molecular flexibility index (Phi) is 3.75. The lowest BCUT2D eigenvalue weighted by Crippen LogP contribution is -2.33. The molecular formula is C15H19N5O6. The number of ether oxygens (including phenoxy) is 4. The quantitative estimate of drug-likeness (QED) is 0.699. The van der Waals surface area contributed by atoms with Crippen LogP contribution in [0, 0.1) is 0 Å². The molecule has 0 aliphatic carbocycles. The van der Waals surface area contributed by atoms with Gasteiger partial charge in [0.05, 0.1) is 6.33 Å².